The fraction of sp³-hybridized carbons (Fsp3) is 0.526. The van der Waals surface area contributed by atoms with Gasteiger partial charge in [-0.3, -0.25) is 0 Å². The van der Waals surface area contributed by atoms with Crippen molar-refractivity contribution in [3.63, 3.8) is 0 Å². The van der Waals surface area contributed by atoms with E-state index in [2.05, 4.69) is 15.0 Å². The van der Waals surface area contributed by atoms with Gasteiger partial charge in [0.1, 0.15) is 18.2 Å². The molecule has 0 aromatic heterocycles. The van der Waals surface area contributed by atoms with E-state index < -0.39 is 29.7 Å². The highest BCUT2D eigenvalue weighted by molar-refractivity contribution is 5.90. The molecule has 8 nitrogen and oxygen atoms in total. The van der Waals surface area contributed by atoms with Crippen molar-refractivity contribution in [2.75, 3.05) is 20.3 Å². The standard InChI is InChI=1S/C19H26N2O6/c1-19(2,3)27-18(23)21-14(11-25-10-13-8-6-5-7-9-13)16-20-15(12-26-16)17(22)24-4/h5-9,14-15H,10-12H2,1-4H3,(H,21,23). The number of ether oxygens (including phenoxy) is 4. The number of esters is 1. The van der Waals surface area contributed by atoms with Gasteiger partial charge in [0.05, 0.1) is 20.3 Å². The number of methoxy groups -OCH3 is 1. The summed E-state index contributed by atoms with van der Waals surface area (Å²) in [6.45, 7) is 5.84. The smallest absolute Gasteiger partial charge is 0.408 e. The second-order valence-corrected chi connectivity index (χ2v) is 7.02. The van der Waals surface area contributed by atoms with Crippen LogP contribution in [0, 0.1) is 0 Å². The topological polar surface area (TPSA) is 95.5 Å². The highest BCUT2D eigenvalue weighted by Gasteiger charge is 2.32. The second kappa shape index (κ2) is 9.36. The van der Waals surface area contributed by atoms with Crippen molar-refractivity contribution in [3.8, 4) is 0 Å². The first kappa shape index (κ1) is 20.7. The SMILES string of the molecule is COC(=O)C1COC(C(COCc2ccccc2)NC(=O)OC(C)(C)C)=N1. The third kappa shape index (κ3) is 6.90. The van der Waals surface area contributed by atoms with Crippen molar-refractivity contribution in [1.29, 1.82) is 0 Å². The van der Waals surface area contributed by atoms with Gasteiger partial charge in [-0.25, -0.2) is 14.6 Å². The first-order valence-electron chi connectivity index (χ1n) is 8.68. The van der Waals surface area contributed by atoms with E-state index in [9.17, 15) is 9.59 Å². The first-order chi connectivity index (χ1) is 12.8. The number of amides is 1. The molecule has 1 aliphatic rings. The zero-order valence-corrected chi connectivity index (χ0v) is 16.1. The molecular formula is C19H26N2O6. The predicted octanol–water partition coefficient (Wildman–Crippen LogP) is 2.07. The fourth-order valence-electron chi connectivity index (χ4n) is 2.33. The third-order valence-corrected chi connectivity index (χ3v) is 3.53. The summed E-state index contributed by atoms with van der Waals surface area (Å²) < 4.78 is 21.1. The van der Waals surface area contributed by atoms with Gasteiger partial charge < -0.3 is 24.3 Å². The summed E-state index contributed by atoms with van der Waals surface area (Å²) >= 11 is 0. The molecule has 8 heteroatoms. The molecule has 2 atom stereocenters. The Kier molecular flexibility index (Phi) is 7.18. The van der Waals surface area contributed by atoms with Crippen LogP contribution in [0.25, 0.3) is 0 Å². The molecule has 148 valence electrons. The Balaban J connectivity index is 2.01. The van der Waals surface area contributed by atoms with Crippen LogP contribution in [0.15, 0.2) is 35.3 Å². The molecule has 1 heterocycles. The summed E-state index contributed by atoms with van der Waals surface area (Å²) in [4.78, 5) is 28.0. The van der Waals surface area contributed by atoms with Gasteiger partial charge >= 0.3 is 12.1 Å². The van der Waals surface area contributed by atoms with E-state index in [-0.39, 0.29) is 19.1 Å². The van der Waals surface area contributed by atoms with Crippen molar-refractivity contribution < 1.29 is 28.5 Å². The molecule has 0 radical (unpaired) electrons. The van der Waals surface area contributed by atoms with Crippen molar-refractivity contribution in [2.24, 2.45) is 4.99 Å². The minimum atomic E-state index is -0.748. The van der Waals surface area contributed by atoms with E-state index in [1.54, 1.807) is 20.8 Å². The molecule has 1 aromatic carbocycles. The van der Waals surface area contributed by atoms with Crippen LogP contribution in [-0.2, 0) is 30.3 Å². The highest BCUT2D eigenvalue weighted by Crippen LogP contribution is 2.12. The summed E-state index contributed by atoms with van der Waals surface area (Å²) in [5.41, 5.74) is 0.349. The molecular weight excluding hydrogens is 352 g/mol. The first-order valence-corrected chi connectivity index (χ1v) is 8.68. The van der Waals surface area contributed by atoms with Gasteiger partial charge in [-0.15, -0.1) is 0 Å². The minimum absolute atomic E-state index is 0.0627. The average Bonchev–Trinajstić information content (AvgIpc) is 3.09. The number of carbonyl (C=O) groups is 2. The zero-order chi connectivity index (χ0) is 19.9. The Morgan fingerprint density at radius 2 is 2.00 bits per heavy atom. The Hall–Kier alpha value is -2.61. The maximum Gasteiger partial charge on any atom is 0.408 e. The van der Waals surface area contributed by atoms with Crippen LogP contribution in [-0.4, -0.2) is 56.0 Å². The van der Waals surface area contributed by atoms with E-state index in [1.165, 1.54) is 7.11 Å². The zero-order valence-electron chi connectivity index (χ0n) is 16.1. The molecule has 1 amide bonds. The maximum absolute atomic E-state index is 12.1. The number of rotatable bonds is 7. The Morgan fingerprint density at radius 3 is 2.63 bits per heavy atom. The van der Waals surface area contributed by atoms with Gasteiger partial charge in [-0.2, -0.15) is 0 Å². The van der Waals surface area contributed by atoms with Gasteiger partial charge in [0.15, 0.2) is 6.04 Å². The van der Waals surface area contributed by atoms with E-state index in [0.29, 0.717) is 6.61 Å². The summed E-state index contributed by atoms with van der Waals surface area (Å²) in [6, 6.07) is 8.20. The average molecular weight is 378 g/mol. The van der Waals surface area contributed by atoms with Gasteiger partial charge in [0.25, 0.3) is 0 Å². The van der Waals surface area contributed by atoms with E-state index >= 15 is 0 Å². The Labute approximate surface area is 158 Å². The summed E-state index contributed by atoms with van der Waals surface area (Å²) in [7, 11) is 1.29. The number of alkyl carbamates (subject to hydrolysis) is 1. The summed E-state index contributed by atoms with van der Waals surface area (Å²) in [5, 5.41) is 2.69. The molecule has 0 fully saturated rings. The number of nitrogens with one attached hydrogen (secondary N) is 1. The van der Waals surface area contributed by atoms with Gasteiger partial charge in [0, 0.05) is 0 Å². The molecule has 2 rings (SSSR count). The van der Waals surface area contributed by atoms with Crippen LogP contribution in [0.2, 0.25) is 0 Å². The van der Waals surface area contributed by atoms with Crippen LogP contribution < -0.4 is 5.32 Å². The summed E-state index contributed by atoms with van der Waals surface area (Å²) in [5.74, 6) is -0.282. The summed E-state index contributed by atoms with van der Waals surface area (Å²) in [6.07, 6.45) is -0.622. The Morgan fingerprint density at radius 1 is 1.30 bits per heavy atom. The number of carbonyl (C=O) groups excluding carboxylic acids is 2. The monoisotopic (exact) mass is 378 g/mol. The lowest BCUT2D eigenvalue weighted by Crippen LogP contribution is -2.46. The lowest BCUT2D eigenvalue weighted by Gasteiger charge is -2.23. The van der Waals surface area contributed by atoms with Crippen molar-refractivity contribution in [2.45, 2.75) is 45.1 Å². The predicted molar refractivity (Wildman–Crippen MR) is 98.4 cm³/mol. The lowest BCUT2D eigenvalue weighted by atomic mass is 10.2. The molecule has 2 unspecified atom stereocenters. The van der Waals surface area contributed by atoms with E-state index in [4.69, 9.17) is 14.2 Å². The molecule has 0 aliphatic carbocycles. The quantitative estimate of drug-likeness (QED) is 0.730. The van der Waals surface area contributed by atoms with Crippen molar-refractivity contribution in [1.82, 2.24) is 5.32 Å². The molecule has 1 N–H and O–H groups in total. The van der Waals surface area contributed by atoms with Crippen LogP contribution in [0.5, 0.6) is 0 Å². The van der Waals surface area contributed by atoms with Crippen LogP contribution in [0.4, 0.5) is 4.79 Å². The van der Waals surface area contributed by atoms with Gasteiger partial charge in [-0.1, -0.05) is 30.3 Å². The van der Waals surface area contributed by atoms with Gasteiger partial charge in [-0.05, 0) is 26.3 Å². The molecule has 1 aromatic rings. The molecule has 0 spiro atoms. The van der Waals surface area contributed by atoms with Crippen molar-refractivity contribution in [3.05, 3.63) is 35.9 Å². The number of hydrogen-bond donors (Lipinski definition) is 1. The molecule has 0 saturated heterocycles. The molecule has 0 bridgehead atoms. The van der Waals surface area contributed by atoms with E-state index in [0.717, 1.165) is 5.56 Å². The largest absolute Gasteiger partial charge is 0.476 e. The number of benzene rings is 1. The fourth-order valence-corrected chi connectivity index (χ4v) is 2.33. The third-order valence-electron chi connectivity index (χ3n) is 3.53. The number of hydrogen-bond acceptors (Lipinski definition) is 7. The van der Waals surface area contributed by atoms with Crippen LogP contribution in [0.1, 0.15) is 26.3 Å². The molecule has 0 saturated carbocycles. The van der Waals surface area contributed by atoms with E-state index in [1.807, 2.05) is 30.3 Å². The lowest BCUT2D eigenvalue weighted by molar-refractivity contribution is -0.142. The number of aliphatic imine (C=N–C) groups is 1. The van der Waals surface area contributed by atoms with Crippen LogP contribution >= 0.6 is 0 Å². The normalized spacial score (nSPS) is 17.5. The highest BCUT2D eigenvalue weighted by atomic mass is 16.6. The second-order valence-electron chi connectivity index (χ2n) is 7.02. The molecule has 27 heavy (non-hydrogen) atoms. The Bertz CT molecular complexity index is 669. The van der Waals surface area contributed by atoms with Crippen molar-refractivity contribution >= 4 is 18.0 Å². The maximum atomic E-state index is 12.1. The molecule has 1 aliphatic heterocycles. The number of nitrogens with zero attached hydrogens (tertiary/aromatic N) is 1. The minimum Gasteiger partial charge on any atom is -0.476 e. The van der Waals surface area contributed by atoms with Crippen LogP contribution in [0.3, 0.4) is 0 Å². The van der Waals surface area contributed by atoms with Gasteiger partial charge in [0.2, 0.25) is 5.90 Å².